The quantitative estimate of drug-likeness (QED) is 0.236. The molecule has 0 unspecified atom stereocenters. The largest absolute Gasteiger partial charge is 0.504 e. The molecular weight excluding hydrogens is 452 g/mol. The SMILES string of the molecule is O=C(c1ccc(O)c(O)c1)[C@H]1C[C@@H]2O[C@H]3O[C@@H](CO)[C@H](O)[C@@H](O)[C@@H]3O[C@@H]2c2cc(O)c(O)cc21. The molecule has 11 nitrogen and oxygen atoms in total. The maximum absolute atomic E-state index is 13.4. The van der Waals surface area contributed by atoms with E-state index in [4.69, 9.17) is 14.2 Å². The summed E-state index contributed by atoms with van der Waals surface area (Å²) in [5.74, 6) is -3.04. The first kappa shape index (κ1) is 22.8. The van der Waals surface area contributed by atoms with E-state index in [9.17, 15) is 40.5 Å². The number of aromatic hydroxyl groups is 4. The van der Waals surface area contributed by atoms with Crippen LogP contribution in [0.15, 0.2) is 30.3 Å². The summed E-state index contributed by atoms with van der Waals surface area (Å²) in [7, 11) is 0. The molecule has 5 rings (SSSR count). The van der Waals surface area contributed by atoms with Gasteiger partial charge < -0.3 is 50.0 Å². The van der Waals surface area contributed by atoms with Gasteiger partial charge >= 0.3 is 0 Å². The number of ether oxygens (including phenoxy) is 3. The molecule has 2 fully saturated rings. The number of hydrogen-bond donors (Lipinski definition) is 7. The number of aliphatic hydroxyl groups is 3. The van der Waals surface area contributed by atoms with E-state index in [2.05, 4.69) is 0 Å². The number of aliphatic hydroxyl groups excluding tert-OH is 3. The molecule has 0 radical (unpaired) electrons. The highest BCUT2D eigenvalue weighted by molar-refractivity contribution is 6.02. The summed E-state index contributed by atoms with van der Waals surface area (Å²) < 4.78 is 17.6. The van der Waals surface area contributed by atoms with E-state index in [1.54, 1.807) is 0 Å². The van der Waals surface area contributed by atoms with Gasteiger partial charge in [-0.3, -0.25) is 4.79 Å². The summed E-state index contributed by atoms with van der Waals surface area (Å²) in [5, 5.41) is 69.8. The van der Waals surface area contributed by atoms with E-state index in [0.29, 0.717) is 11.1 Å². The number of ketones is 1. The van der Waals surface area contributed by atoms with Crippen molar-refractivity contribution in [2.24, 2.45) is 0 Å². The number of Topliss-reactive ketones (excluding diaryl/α,β-unsaturated/α-hetero) is 1. The van der Waals surface area contributed by atoms with Crippen LogP contribution in [0.2, 0.25) is 0 Å². The Morgan fingerprint density at radius 1 is 0.853 bits per heavy atom. The molecule has 11 heteroatoms. The molecule has 1 aliphatic carbocycles. The number of hydrogen-bond acceptors (Lipinski definition) is 11. The van der Waals surface area contributed by atoms with Gasteiger partial charge in [-0.2, -0.15) is 0 Å². The first-order valence-corrected chi connectivity index (χ1v) is 10.7. The smallest absolute Gasteiger partial charge is 0.187 e. The van der Waals surface area contributed by atoms with Crippen molar-refractivity contribution < 1.29 is 54.8 Å². The van der Waals surface area contributed by atoms with E-state index in [1.807, 2.05) is 0 Å². The van der Waals surface area contributed by atoms with Crippen molar-refractivity contribution in [3.63, 3.8) is 0 Å². The van der Waals surface area contributed by atoms with Crippen LogP contribution in [0.3, 0.4) is 0 Å². The van der Waals surface area contributed by atoms with Crippen molar-refractivity contribution in [2.45, 2.75) is 55.3 Å². The van der Waals surface area contributed by atoms with Gasteiger partial charge in [-0.15, -0.1) is 0 Å². The van der Waals surface area contributed by atoms with E-state index in [-0.39, 0.29) is 17.7 Å². The molecule has 2 aliphatic heterocycles. The van der Waals surface area contributed by atoms with Crippen LogP contribution in [-0.4, -0.2) is 84.9 Å². The van der Waals surface area contributed by atoms with Crippen molar-refractivity contribution in [3.8, 4) is 23.0 Å². The van der Waals surface area contributed by atoms with Crippen molar-refractivity contribution in [1.82, 2.24) is 0 Å². The predicted octanol–water partition coefficient (Wildman–Crippen LogP) is 0.143. The van der Waals surface area contributed by atoms with Gasteiger partial charge in [0.15, 0.2) is 35.1 Å². The predicted molar refractivity (Wildman–Crippen MR) is 111 cm³/mol. The molecule has 2 saturated heterocycles. The Bertz CT molecular complexity index is 1120. The van der Waals surface area contributed by atoms with Crippen molar-refractivity contribution in [2.75, 3.05) is 6.61 Å². The van der Waals surface area contributed by atoms with Crippen molar-refractivity contribution in [3.05, 3.63) is 47.0 Å². The van der Waals surface area contributed by atoms with Crippen LogP contribution >= 0.6 is 0 Å². The zero-order chi connectivity index (χ0) is 24.3. The summed E-state index contributed by atoms with van der Waals surface area (Å²) >= 11 is 0. The second-order valence-corrected chi connectivity index (χ2v) is 8.73. The highest BCUT2D eigenvalue weighted by Gasteiger charge is 2.54. The summed E-state index contributed by atoms with van der Waals surface area (Å²) in [6.07, 6.45) is -7.75. The molecule has 0 spiro atoms. The molecular formula is C23H24O11. The average molecular weight is 476 g/mol. The number of carbonyl (C=O) groups excluding carboxylic acids is 1. The molecule has 2 aromatic carbocycles. The van der Waals surface area contributed by atoms with Crippen LogP contribution in [0.1, 0.15) is 39.9 Å². The molecule has 0 bridgehead atoms. The van der Waals surface area contributed by atoms with Crippen LogP contribution in [0.25, 0.3) is 0 Å². The van der Waals surface area contributed by atoms with Gasteiger partial charge in [-0.05, 0) is 47.9 Å². The molecule has 8 atom stereocenters. The molecule has 34 heavy (non-hydrogen) atoms. The molecule has 2 heterocycles. The fourth-order valence-electron chi connectivity index (χ4n) is 4.91. The van der Waals surface area contributed by atoms with Crippen molar-refractivity contribution in [1.29, 1.82) is 0 Å². The van der Waals surface area contributed by atoms with Gasteiger partial charge in [-0.25, -0.2) is 0 Å². The molecule has 0 aromatic heterocycles. The number of fused-ring (bicyclic) bond motifs is 4. The third-order valence-corrected chi connectivity index (χ3v) is 6.68. The molecule has 0 amide bonds. The fourth-order valence-corrected chi connectivity index (χ4v) is 4.91. The van der Waals surface area contributed by atoms with Gasteiger partial charge in [0.05, 0.1) is 18.6 Å². The number of benzene rings is 2. The molecule has 2 aromatic rings. The lowest BCUT2D eigenvalue weighted by molar-refractivity contribution is -0.370. The lowest BCUT2D eigenvalue weighted by Gasteiger charge is -2.51. The summed E-state index contributed by atoms with van der Waals surface area (Å²) in [6.45, 7) is -0.555. The van der Waals surface area contributed by atoms with E-state index < -0.39 is 78.5 Å². The van der Waals surface area contributed by atoms with Crippen LogP contribution in [-0.2, 0) is 14.2 Å². The lowest BCUT2D eigenvalue weighted by atomic mass is 9.75. The van der Waals surface area contributed by atoms with Crippen molar-refractivity contribution >= 4 is 5.78 Å². The van der Waals surface area contributed by atoms with E-state index >= 15 is 0 Å². The van der Waals surface area contributed by atoms with Gasteiger partial charge in [0.2, 0.25) is 0 Å². The van der Waals surface area contributed by atoms with Gasteiger partial charge in [0.1, 0.15) is 30.5 Å². The molecule has 3 aliphatic rings. The Morgan fingerprint density at radius 2 is 1.53 bits per heavy atom. The molecule has 7 N–H and O–H groups in total. The zero-order valence-corrected chi connectivity index (χ0v) is 17.7. The lowest BCUT2D eigenvalue weighted by Crippen LogP contribution is -2.64. The standard InChI is InChI=1S/C23H24O11/c24-7-17-19(30)20(31)22-23(33-17)32-16-6-10(18(29)8-1-2-12(25)13(26)3-8)9-4-14(27)15(28)5-11(9)21(16)34-22/h1-5,10,16-17,19-28,30-31H,6-7H2/t10-,16-,17-,19-,20+,21+,22-,23-/m0/s1. The molecule has 0 saturated carbocycles. The highest BCUT2D eigenvalue weighted by atomic mass is 16.7. The van der Waals surface area contributed by atoms with E-state index in [1.165, 1.54) is 24.3 Å². The normalized spacial score (nSPS) is 34.6. The van der Waals surface area contributed by atoms with Crippen LogP contribution in [0, 0.1) is 0 Å². The second-order valence-electron chi connectivity index (χ2n) is 8.73. The third-order valence-electron chi connectivity index (χ3n) is 6.68. The number of rotatable bonds is 3. The van der Waals surface area contributed by atoms with E-state index in [0.717, 1.165) is 6.07 Å². The summed E-state index contributed by atoms with van der Waals surface area (Å²) in [4.78, 5) is 13.4. The zero-order valence-electron chi connectivity index (χ0n) is 17.7. The van der Waals surface area contributed by atoms with Crippen LogP contribution in [0.4, 0.5) is 0 Å². The Hall–Kier alpha value is -2.93. The maximum atomic E-state index is 13.4. The molecule has 182 valence electrons. The topological polar surface area (TPSA) is 186 Å². The third kappa shape index (κ3) is 3.57. The van der Waals surface area contributed by atoms with Gasteiger partial charge in [-0.1, -0.05) is 0 Å². The first-order chi connectivity index (χ1) is 16.2. The van der Waals surface area contributed by atoms with Gasteiger partial charge in [0, 0.05) is 5.56 Å². The maximum Gasteiger partial charge on any atom is 0.187 e. The van der Waals surface area contributed by atoms with Crippen LogP contribution < -0.4 is 0 Å². The Kier molecular flexibility index (Phi) is 5.63. The number of phenols is 4. The second kappa shape index (κ2) is 8.38. The minimum Gasteiger partial charge on any atom is -0.504 e. The highest BCUT2D eigenvalue weighted by Crippen LogP contribution is 2.50. The number of carbonyl (C=O) groups is 1. The Balaban J connectivity index is 1.53. The Labute approximate surface area is 193 Å². The summed E-state index contributed by atoms with van der Waals surface area (Å²) in [5.41, 5.74) is 0.813. The summed E-state index contributed by atoms with van der Waals surface area (Å²) in [6, 6.07) is 6.18. The number of phenolic OH excluding ortho intramolecular Hbond substituents is 4. The van der Waals surface area contributed by atoms with Crippen LogP contribution in [0.5, 0.6) is 23.0 Å². The first-order valence-electron chi connectivity index (χ1n) is 10.7. The fraction of sp³-hybridized carbons (Fsp3) is 0.435. The minimum atomic E-state index is -1.43. The average Bonchev–Trinajstić information content (AvgIpc) is 2.82. The minimum absolute atomic E-state index is 0.0668. The van der Waals surface area contributed by atoms with Gasteiger partial charge in [0.25, 0.3) is 0 Å². The Morgan fingerprint density at radius 3 is 2.21 bits per heavy atom. The monoisotopic (exact) mass is 476 g/mol.